The molecule has 0 radical (unpaired) electrons. The smallest absolute Gasteiger partial charge is 0.222 e. The van der Waals surface area contributed by atoms with Crippen LogP contribution in [0.15, 0.2) is 46.7 Å². The quantitative estimate of drug-likeness (QED) is 0.721. The summed E-state index contributed by atoms with van der Waals surface area (Å²) in [6.07, 6.45) is 5.02. The summed E-state index contributed by atoms with van der Waals surface area (Å²) in [5.74, 6) is 0.585. The van der Waals surface area contributed by atoms with Crippen LogP contribution < -0.4 is 4.74 Å². The maximum Gasteiger partial charge on any atom is 0.222 e. The molecule has 18 heavy (non-hydrogen) atoms. The molecule has 0 spiro atoms. The van der Waals surface area contributed by atoms with Crippen LogP contribution in [0.4, 0.5) is 0 Å². The molecule has 0 aliphatic carbocycles. The molecule has 90 valence electrons. The second-order valence-electron chi connectivity index (χ2n) is 3.61. The first-order valence-electron chi connectivity index (χ1n) is 5.36. The van der Waals surface area contributed by atoms with E-state index in [-0.39, 0.29) is 0 Å². The molecule has 0 aliphatic heterocycles. The first kappa shape index (κ1) is 11.0. The molecular weight excluding hydrogens is 248 g/mol. The summed E-state index contributed by atoms with van der Waals surface area (Å²) >= 11 is 1.57. The molecule has 0 unspecified atom stereocenters. The molecule has 0 saturated heterocycles. The summed E-state index contributed by atoms with van der Waals surface area (Å²) in [5, 5.41) is 2.91. The second-order valence-corrected chi connectivity index (χ2v) is 4.47. The van der Waals surface area contributed by atoms with E-state index < -0.39 is 0 Å². The van der Waals surface area contributed by atoms with Crippen LogP contribution in [0.3, 0.4) is 0 Å². The highest BCUT2D eigenvalue weighted by molar-refractivity contribution is 7.13. The minimum Gasteiger partial charge on any atom is -0.481 e. The second kappa shape index (κ2) is 4.62. The first-order valence-corrected chi connectivity index (χ1v) is 6.24. The van der Waals surface area contributed by atoms with Crippen molar-refractivity contribution in [2.45, 2.75) is 0 Å². The van der Waals surface area contributed by atoms with E-state index in [2.05, 4.69) is 9.97 Å². The molecule has 5 heteroatoms. The molecule has 0 fully saturated rings. The highest BCUT2D eigenvalue weighted by Gasteiger charge is 2.11. The average molecular weight is 258 g/mol. The molecule has 0 bridgehead atoms. The third-order valence-electron chi connectivity index (χ3n) is 2.51. The Balaban J connectivity index is 2.03. The van der Waals surface area contributed by atoms with Gasteiger partial charge in [-0.15, -0.1) is 11.3 Å². The van der Waals surface area contributed by atoms with Crippen LogP contribution in [0.25, 0.3) is 21.8 Å². The van der Waals surface area contributed by atoms with Crippen LogP contribution in [0.5, 0.6) is 5.88 Å². The van der Waals surface area contributed by atoms with E-state index in [1.54, 1.807) is 37.2 Å². The van der Waals surface area contributed by atoms with Crippen LogP contribution >= 0.6 is 11.3 Å². The molecule has 0 amide bonds. The maximum atomic E-state index is 5.23. The fourth-order valence-corrected chi connectivity index (χ4v) is 2.47. The largest absolute Gasteiger partial charge is 0.481 e. The number of rotatable bonds is 3. The lowest BCUT2D eigenvalue weighted by Gasteiger charge is -2.03. The van der Waals surface area contributed by atoms with Gasteiger partial charge in [-0.05, 0) is 18.2 Å². The van der Waals surface area contributed by atoms with Crippen LogP contribution in [-0.2, 0) is 0 Å². The topological polar surface area (TPSA) is 48.2 Å². The number of ether oxygens (including phenoxy) is 1. The molecule has 3 heterocycles. The average Bonchev–Trinajstić information content (AvgIpc) is 3.09. The van der Waals surface area contributed by atoms with Crippen molar-refractivity contribution in [1.82, 2.24) is 9.97 Å². The summed E-state index contributed by atoms with van der Waals surface area (Å²) in [4.78, 5) is 8.74. The Bertz CT molecular complexity index is 647. The number of hydrogen-bond donors (Lipinski definition) is 0. The summed E-state index contributed by atoms with van der Waals surface area (Å²) in [6, 6.07) is 5.71. The van der Waals surface area contributed by atoms with Gasteiger partial charge in [-0.2, -0.15) is 0 Å². The zero-order chi connectivity index (χ0) is 12.4. The van der Waals surface area contributed by atoms with Crippen molar-refractivity contribution in [3.63, 3.8) is 0 Å². The first-order chi connectivity index (χ1) is 8.88. The minimum atomic E-state index is 0.585. The van der Waals surface area contributed by atoms with Crippen molar-refractivity contribution >= 4 is 11.3 Å². The van der Waals surface area contributed by atoms with E-state index in [1.807, 2.05) is 23.6 Å². The van der Waals surface area contributed by atoms with Crippen molar-refractivity contribution in [2.75, 3.05) is 7.11 Å². The van der Waals surface area contributed by atoms with Crippen LogP contribution in [-0.4, -0.2) is 17.1 Å². The molecule has 4 nitrogen and oxygen atoms in total. The van der Waals surface area contributed by atoms with Crippen molar-refractivity contribution in [3.05, 3.63) is 42.3 Å². The van der Waals surface area contributed by atoms with Gasteiger partial charge >= 0.3 is 0 Å². The fraction of sp³-hybridized carbons (Fsp3) is 0.0769. The SMILES string of the molecule is COc1ncccc1-c1csc(-c2ccoc2)n1. The van der Waals surface area contributed by atoms with Gasteiger partial charge in [0.2, 0.25) is 5.88 Å². The van der Waals surface area contributed by atoms with E-state index in [1.165, 1.54) is 0 Å². The summed E-state index contributed by atoms with van der Waals surface area (Å²) in [6.45, 7) is 0. The number of furan rings is 1. The normalized spacial score (nSPS) is 10.5. The lowest BCUT2D eigenvalue weighted by molar-refractivity contribution is 0.399. The van der Waals surface area contributed by atoms with Gasteiger partial charge in [0, 0.05) is 17.1 Å². The molecule has 0 N–H and O–H groups in total. The van der Waals surface area contributed by atoms with Gasteiger partial charge < -0.3 is 9.15 Å². The third-order valence-corrected chi connectivity index (χ3v) is 3.40. The maximum absolute atomic E-state index is 5.23. The van der Waals surface area contributed by atoms with Gasteiger partial charge in [0.15, 0.2) is 0 Å². The predicted molar refractivity (Wildman–Crippen MR) is 69.6 cm³/mol. The molecule has 3 rings (SSSR count). The van der Waals surface area contributed by atoms with E-state index in [0.29, 0.717) is 5.88 Å². The van der Waals surface area contributed by atoms with E-state index in [4.69, 9.17) is 9.15 Å². The van der Waals surface area contributed by atoms with Crippen molar-refractivity contribution in [2.24, 2.45) is 0 Å². The van der Waals surface area contributed by atoms with Gasteiger partial charge in [-0.3, -0.25) is 0 Å². The lowest BCUT2D eigenvalue weighted by atomic mass is 10.2. The minimum absolute atomic E-state index is 0.585. The number of aromatic nitrogens is 2. The number of pyridine rings is 1. The number of methoxy groups -OCH3 is 1. The number of hydrogen-bond acceptors (Lipinski definition) is 5. The van der Waals surface area contributed by atoms with Crippen molar-refractivity contribution in [3.8, 4) is 27.7 Å². The van der Waals surface area contributed by atoms with Gasteiger partial charge in [0.1, 0.15) is 11.3 Å². The third kappa shape index (κ3) is 1.89. The molecule has 3 aromatic rings. The van der Waals surface area contributed by atoms with Gasteiger partial charge in [0.25, 0.3) is 0 Å². The molecule has 0 saturated carbocycles. The predicted octanol–water partition coefficient (Wildman–Crippen LogP) is 3.47. The van der Waals surface area contributed by atoms with Crippen LogP contribution in [0, 0.1) is 0 Å². The number of thiazole rings is 1. The van der Waals surface area contributed by atoms with E-state index in [9.17, 15) is 0 Å². The molecular formula is C13H10N2O2S. The molecule has 0 atom stereocenters. The zero-order valence-electron chi connectivity index (χ0n) is 9.66. The van der Waals surface area contributed by atoms with Gasteiger partial charge in [-0.1, -0.05) is 0 Å². The molecule has 0 aromatic carbocycles. The highest BCUT2D eigenvalue weighted by Crippen LogP contribution is 2.32. The Morgan fingerprint density at radius 2 is 2.28 bits per heavy atom. The zero-order valence-corrected chi connectivity index (χ0v) is 10.5. The van der Waals surface area contributed by atoms with Crippen molar-refractivity contribution < 1.29 is 9.15 Å². The lowest BCUT2D eigenvalue weighted by Crippen LogP contribution is -1.90. The van der Waals surface area contributed by atoms with Gasteiger partial charge in [0.05, 0.1) is 24.6 Å². The van der Waals surface area contributed by atoms with Gasteiger partial charge in [-0.25, -0.2) is 9.97 Å². The number of nitrogens with zero attached hydrogens (tertiary/aromatic N) is 2. The molecule has 3 aromatic heterocycles. The van der Waals surface area contributed by atoms with Crippen molar-refractivity contribution in [1.29, 1.82) is 0 Å². The van der Waals surface area contributed by atoms with E-state index >= 15 is 0 Å². The summed E-state index contributed by atoms with van der Waals surface area (Å²) in [7, 11) is 1.61. The Morgan fingerprint density at radius 1 is 1.33 bits per heavy atom. The Morgan fingerprint density at radius 3 is 3.06 bits per heavy atom. The Kier molecular flexibility index (Phi) is 2.82. The van der Waals surface area contributed by atoms with E-state index in [0.717, 1.165) is 21.8 Å². The fourth-order valence-electron chi connectivity index (χ4n) is 1.66. The highest BCUT2D eigenvalue weighted by atomic mass is 32.1. The summed E-state index contributed by atoms with van der Waals surface area (Å²) in [5.41, 5.74) is 2.74. The summed E-state index contributed by atoms with van der Waals surface area (Å²) < 4.78 is 10.3. The molecule has 0 aliphatic rings. The Hall–Kier alpha value is -2.14. The monoisotopic (exact) mass is 258 g/mol. The Labute approximate surface area is 108 Å². The van der Waals surface area contributed by atoms with Crippen LogP contribution in [0.1, 0.15) is 0 Å². The van der Waals surface area contributed by atoms with Crippen LogP contribution in [0.2, 0.25) is 0 Å². The standard InChI is InChI=1S/C13H10N2O2S/c1-16-12-10(3-2-5-14-12)11-8-18-13(15-11)9-4-6-17-7-9/h2-8H,1H3.